The van der Waals surface area contributed by atoms with E-state index < -0.39 is 43.3 Å². The van der Waals surface area contributed by atoms with E-state index >= 15 is 0 Å². The quantitative estimate of drug-likeness (QED) is 0.269. The third kappa shape index (κ3) is 6.58. The SMILES string of the molecule is COc1ccc(/C=C/C(=O)OC[C@H]2O[C@@H](Oc3ccc(C(C)=O)cc3)[C@H](O)[C@@H](O)[C@@H]2O)cc1OC. The van der Waals surface area contributed by atoms with Crippen molar-refractivity contribution in [2.24, 2.45) is 0 Å². The van der Waals surface area contributed by atoms with Crippen LogP contribution >= 0.6 is 0 Å². The van der Waals surface area contributed by atoms with Crippen LogP contribution in [0.25, 0.3) is 6.08 Å². The van der Waals surface area contributed by atoms with Crippen molar-refractivity contribution in [1.29, 1.82) is 0 Å². The van der Waals surface area contributed by atoms with Gasteiger partial charge >= 0.3 is 5.97 Å². The molecule has 2 aromatic carbocycles. The first kappa shape index (κ1) is 26.2. The van der Waals surface area contributed by atoms with Crippen molar-refractivity contribution < 1.29 is 48.6 Å². The minimum atomic E-state index is -1.60. The molecule has 10 nitrogen and oxygen atoms in total. The lowest BCUT2D eigenvalue weighted by Crippen LogP contribution is -2.60. The van der Waals surface area contributed by atoms with Crippen LogP contribution in [-0.4, -0.2) is 78.6 Å². The minimum absolute atomic E-state index is 0.119. The standard InChI is InChI=1S/C25H28O10/c1-14(26)16-6-8-17(9-7-16)34-25-24(30)23(29)22(28)20(35-25)13-33-21(27)11-5-15-4-10-18(31-2)19(12-15)32-3/h4-12,20,22-25,28-30H,13H2,1-3H3/b11-5+/t20-,22-,23+,24-,25-/m1/s1. The highest BCUT2D eigenvalue weighted by Crippen LogP contribution is 2.28. The molecule has 0 aromatic heterocycles. The second-order valence-electron chi connectivity index (χ2n) is 7.79. The van der Waals surface area contributed by atoms with Gasteiger partial charge in [0.05, 0.1) is 14.2 Å². The van der Waals surface area contributed by atoms with Crippen LogP contribution in [0.4, 0.5) is 0 Å². The monoisotopic (exact) mass is 488 g/mol. The molecule has 1 fully saturated rings. The molecule has 0 radical (unpaired) electrons. The second kappa shape index (κ2) is 11.8. The summed E-state index contributed by atoms with van der Waals surface area (Å²) < 4.78 is 26.7. The van der Waals surface area contributed by atoms with Gasteiger partial charge in [0, 0.05) is 11.6 Å². The number of methoxy groups -OCH3 is 2. The van der Waals surface area contributed by atoms with E-state index in [2.05, 4.69) is 0 Å². The molecule has 3 rings (SSSR count). The fourth-order valence-electron chi connectivity index (χ4n) is 3.39. The maximum Gasteiger partial charge on any atom is 0.330 e. The average Bonchev–Trinajstić information content (AvgIpc) is 2.87. The number of benzene rings is 2. The highest BCUT2D eigenvalue weighted by Gasteiger charge is 2.45. The summed E-state index contributed by atoms with van der Waals surface area (Å²) in [5.41, 5.74) is 1.14. The average molecular weight is 488 g/mol. The third-order valence-corrected chi connectivity index (χ3v) is 5.39. The van der Waals surface area contributed by atoms with E-state index in [1.54, 1.807) is 30.3 Å². The van der Waals surface area contributed by atoms with Crippen LogP contribution in [0.2, 0.25) is 0 Å². The lowest BCUT2D eigenvalue weighted by molar-refractivity contribution is -0.278. The Morgan fingerprint density at radius 1 is 0.943 bits per heavy atom. The Morgan fingerprint density at radius 3 is 2.26 bits per heavy atom. The Kier molecular flexibility index (Phi) is 8.83. The molecule has 0 bridgehead atoms. The number of carbonyl (C=O) groups excluding carboxylic acids is 2. The normalized spacial score (nSPS) is 24.1. The predicted molar refractivity (Wildman–Crippen MR) is 123 cm³/mol. The van der Waals surface area contributed by atoms with Gasteiger partial charge in [-0.3, -0.25) is 4.79 Å². The molecule has 1 aliphatic rings. The molecule has 188 valence electrons. The van der Waals surface area contributed by atoms with Crippen LogP contribution in [0.15, 0.2) is 48.5 Å². The van der Waals surface area contributed by atoms with Crippen molar-refractivity contribution in [3.63, 3.8) is 0 Å². The van der Waals surface area contributed by atoms with Crippen LogP contribution in [-0.2, 0) is 14.3 Å². The summed E-state index contributed by atoms with van der Waals surface area (Å²) in [6.07, 6.45) is -4.49. The van der Waals surface area contributed by atoms with Crippen LogP contribution in [0.3, 0.4) is 0 Å². The van der Waals surface area contributed by atoms with Gasteiger partial charge in [0.1, 0.15) is 36.8 Å². The molecular weight excluding hydrogens is 460 g/mol. The summed E-state index contributed by atoms with van der Waals surface area (Å²) in [6.45, 7) is 1.03. The first-order valence-electron chi connectivity index (χ1n) is 10.8. The molecule has 35 heavy (non-hydrogen) atoms. The Labute approximate surface area is 202 Å². The number of Topliss-reactive ketones (excluding diaryl/α,β-unsaturated/α-hetero) is 1. The van der Waals surface area contributed by atoms with Crippen molar-refractivity contribution in [3.05, 3.63) is 59.7 Å². The molecule has 0 saturated carbocycles. The summed E-state index contributed by atoms with van der Waals surface area (Å²) in [7, 11) is 3.01. The van der Waals surface area contributed by atoms with E-state index in [-0.39, 0.29) is 11.5 Å². The number of rotatable bonds is 9. The van der Waals surface area contributed by atoms with Gasteiger partial charge in [0.15, 0.2) is 17.3 Å². The molecule has 1 saturated heterocycles. The molecule has 5 atom stereocenters. The number of hydrogen-bond donors (Lipinski definition) is 3. The molecule has 10 heteroatoms. The number of carbonyl (C=O) groups is 2. The Balaban J connectivity index is 1.59. The summed E-state index contributed by atoms with van der Waals surface area (Å²) in [5, 5.41) is 30.7. The molecule has 1 aliphatic heterocycles. The van der Waals surface area contributed by atoms with E-state index in [1.807, 2.05) is 0 Å². The zero-order valence-corrected chi connectivity index (χ0v) is 19.5. The van der Waals surface area contributed by atoms with E-state index in [9.17, 15) is 24.9 Å². The van der Waals surface area contributed by atoms with Crippen LogP contribution in [0, 0.1) is 0 Å². The summed E-state index contributed by atoms with van der Waals surface area (Å²) in [4.78, 5) is 23.6. The summed E-state index contributed by atoms with van der Waals surface area (Å²) in [5.74, 6) is 0.482. The molecule has 3 N–H and O–H groups in total. The molecular formula is C25H28O10. The van der Waals surface area contributed by atoms with Crippen molar-refractivity contribution in [2.45, 2.75) is 37.6 Å². The van der Waals surface area contributed by atoms with Crippen molar-refractivity contribution >= 4 is 17.8 Å². The maximum atomic E-state index is 12.2. The smallest absolute Gasteiger partial charge is 0.330 e. The topological polar surface area (TPSA) is 141 Å². The van der Waals surface area contributed by atoms with Gasteiger partial charge in [0.2, 0.25) is 6.29 Å². The largest absolute Gasteiger partial charge is 0.493 e. The number of aliphatic hydroxyl groups is 3. The molecule has 0 unspecified atom stereocenters. The van der Waals surface area contributed by atoms with Gasteiger partial charge in [0.25, 0.3) is 0 Å². The van der Waals surface area contributed by atoms with E-state index in [0.717, 1.165) is 0 Å². The molecule has 0 aliphatic carbocycles. The minimum Gasteiger partial charge on any atom is -0.493 e. The highest BCUT2D eigenvalue weighted by molar-refractivity contribution is 5.94. The Morgan fingerprint density at radius 2 is 1.63 bits per heavy atom. The number of ether oxygens (including phenoxy) is 5. The fourth-order valence-corrected chi connectivity index (χ4v) is 3.39. The summed E-state index contributed by atoms with van der Waals surface area (Å²) >= 11 is 0. The van der Waals surface area contributed by atoms with Crippen molar-refractivity contribution in [2.75, 3.05) is 20.8 Å². The van der Waals surface area contributed by atoms with Crippen molar-refractivity contribution in [3.8, 4) is 17.2 Å². The Bertz CT molecular complexity index is 1050. The predicted octanol–water partition coefficient (Wildman–Crippen LogP) is 1.35. The number of hydrogen-bond acceptors (Lipinski definition) is 10. The zero-order chi connectivity index (χ0) is 25.5. The Hall–Kier alpha value is -3.44. The van der Waals surface area contributed by atoms with Gasteiger partial charge in [-0.05, 0) is 55.0 Å². The lowest BCUT2D eigenvalue weighted by Gasteiger charge is -2.39. The second-order valence-corrected chi connectivity index (χ2v) is 7.79. The van der Waals surface area contributed by atoms with Crippen molar-refractivity contribution in [1.82, 2.24) is 0 Å². The first-order chi connectivity index (χ1) is 16.7. The van der Waals surface area contributed by atoms with E-state index in [0.29, 0.717) is 22.6 Å². The van der Waals surface area contributed by atoms with Gasteiger partial charge in [-0.15, -0.1) is 0 Å². The molecule has 1 heterocycles. The van der Waals surface area contributed by atoms with E-state index in [4.69, 9.17) is 23.7 Å². The van der Waals surface area contributed by atoms with Crippen LogP contribution in [0.1, 0.15) is 22.8 Å². The third-order valence-electron chi connectivity index (χ3n) is 5.39. The molecule has 0 spiro atoms. The zero-order valence-electron chi connectivity index (χ0n) is 19.5. The fraction of sp³-hybridized carbons (Fsp3) is 0.360. The number of aliphatic hydroxyl groups excluding tert-OH is 3. The molecule has 2 aromatic rings. The van der Waals surface area contributed by atoms with Gasteiger partial charge in [-0.25, -0.2) is 4.79 Å². The number of ketones is 1. The maximum absolute atomic E-state index is 12.2. The molecule has 0 amide bonds. The van der Waals surface area contributed by atoms with Gasteiger partial charge in [-0.2, -0.15) is 0 Å². The van der Waals surface area contributed by atoms with Crippen LogP contribution < -0.4 is 14.2 Å². The first-order valence-corrected chi connectivity index (χ1v) is 10.8. The summed E-state index contributed by atoms with van der Waals surface area (Å²) in [6, 6.07) is 11.2. The van der Waals surface area contributed by atoms with Gasteiger partial charge < -0.3 is 39.0 Å². The lowest BCUT2D eigenvalue weighted by atomic mass is 9.99. The van der Waals surface area contributed by atoms with Crippen LogP contribution in [0.5, 0.6) is 17.2 Å². The van der Waals surface area contributed by atoms with Gasteiger partial charge in [-0.1, -0.05) is 6.07 Å². The highest BCUT2D eigenvalue weighted by atomic mass is 16.7. The van der Waals surface area contributed by atoms with E-state index in [1.165, 1.54) is 45.4 Å². The number of esters is 1.